The van der Waals surface area contributed by atoms with E-state index >= 15 is 0 Å². The van der Waals surface area contributed by atoms with Crippen LogP contribution in [0.4, 0.5) is 0 Å². The minimum absolute atomic E-state index is 1.32. The average Bonchev–Trinajstić information content (AvgIpc) is 1.87. The number of rotatable bonds is 0. The van der Waals surface area contributed by atoms with E-state index in [2.05, 4.69) is 11.9 Å². The average molecular weight is 181 g/mol. The Morgan fingerprint density at radius 2 is 1.36 bits per heavy atom. The fourth-order valence-corrected chi connectivity index (χ4v) is 1.05. The SMILES string of the molecule is CN1CCCCC1.OP(O)O. The molecule has 0 bridgehead atoms. The summed E-state index contributed by atoms with van der Waals surface area (Å²) in [5.41, 5.74) is 0. The molecule has 0 unspecified atom stereocenters. The van der Waals surface area contributed by atoms with Crippen molar-refractivity contribution in [1.82, 2.24) is 4.90 Å². The van der Waals surface area contributed by atoms with Gasteiger partial charge in [-0.05, 0) is 33.0 Å². The summed E-state index contributed by atoms with van der Waals surface area (Å²) in [4.78, 5) is 24.1. The van der Waals surface area contributed by atoms with E-state index < -0.39 is 8.60 Å². The summed E-state index contributed by atoms with van der Waals surface area (Å²) in [6.45, 7) is 2.64. The summed E-state index contributed by atoms with van der Waals surface area (Å²) in [6, 6.07) is 0. The van der Waals surface area contributed by atoms with E-state index in [1.807, 2.05) is 0 Å². The Kier molecular flexibility index (Phi) is 7.12. The van der Waals surface area contributed by atoms with Crippen molar-refractivity contribution in [2.24, 2.45) is 0 Å². The topological polar surface area (TPSA) is 63.9 Å². The first kappa shape index (κ1) is 11.3. The first-order valence-corrected chi connectivity index (χ1v) is 4.88. The van der Waals surface area contributed by atoms with Gasteiger partial charge in [0.05, 0.1) is 0 Å². The van der Waals surface area contributed by atoms with Gasteiger partial charge in [-0.25, -0.2) is 0 Å². The lowest BCUT2D eigenvalue weighted by atomic mass is 10.1. The standard InChI is InChI=1S/C6H13N.H3O3P/c1-7-5-3-2-4-6-7;1-4(2)3/h2-6H2,1H3;1-3H. The fourth-order valence-electron chi connectivity index (χ4n) is 1.05. The number of nitrogens with zero attached hydrogens (tertiary/aromatic N) is 1. The van der Waals surface area contributed by atoms with Crippen molar-refractivity contribution in [1.29, 1.82) is 0 Å². The molecule has 0 aromatic rings. The van der Waals surface area contributed by atoms with Gasteiger partial charge in [0.15, 0.2) is 0 Å². The Morgan fingerprint density at radius 1 is 1.00 bits per heavy atom. The van der Waals surface area contributed by atoms with Gasteiger partial charge in [-0.3, -0.25) is 0 Å². The van der Waals surface area contributed by atoms with Crippen LogP contribution in [0.25, 0.3) is 0 Å². The van der Waals surface area contributed by atoms with Crippen LogP contribution in [0, 0.1) is 0 Å². The molecule has 0 radical (unpaired) electrons. The van der Waals surface area contributed by atoms with Gasteiger partial charge in [0.25, 0.3) is 0 Å². The summed E-state index contributed by atoms with van der Waals surface area (Å²) in [7, 11) is -0.427. The molecule has 1 aliphatic rings. The second-order valence-corrected chi connectivity index (χ2v) is 3.17. The maximum absolute atomic E-state index is 7.23. The largest absolute Gasteiger partial charge is 0.328 e. The zero-order valence-electron chi connectivity index (χ0n) is 6.77. The molecular formula is C6H16NO3P. The minimum Gasteiger partial charge on any atom is -0.328 e. The van der Waals surface area contributed by atoms with E-state index in [9.17, 15) is 0 Å². The van der Waals surface area contributed by atoms with Crippen LogP contribution in [-0.2, 0) is 0 Å². The molecule has 0 atom stereocenters. The molecule has 3 N–H and O–H groups in total. The highest BCUT2D eigenvalue weighted by molar-refractivity contribution is 7.38. The molecule has 1 rings (SSSR count). The molecule has 1 heterocycles. The Bertz CT molecular complexity index is 83.1. The maximum atomic E-state index is 7.23. The first-order chi connectivity index (χ1) is 5.13. The molecule has 1 saturated heterocycles. The minimum atomic E-state index is -2.62. The van der Waals surface area contributed by atoms with Crippen LogP contribution in [0.1, 0.15) is 19.3 Å². The van der Waals surface area contributed by atoms with Crippen LogP contribution in [0.3, 0.4) is 0 Å². The summed E-state index contributed by atoms with van der Waals surface area (Å²) in [5.74, 6) is 0. The van der Waals surface area contributed by atoms with Crippen LogP contribution in [0.5, 0.6) is 0 Å². The lowest BCUT2D eigenvalue weighted by Gasteiger charge is -2.20. The van der Waals surface area contributed by atoms with Gasteiger partial charge in [0.1, 0.15) is 0 Å². The fraction of sp³-hybridized carbons (Fsp3) is 1.00. The molecule has 68 valence electrons. The van der Waals surface area contributed by atoms with Crippen LogP contribution in [0.15, 0.2) is 0 Å². The molecule has 0 aromatic carbocycles. The third kappa shape index (κ3) is 10.3. The van der Waals surface area contributed by atoms with Crippen LogP contribution < -0.4 is 0 Å². The van der Waals surface area contributed by atoms with E-state index in [0.717, 1.165) is 0 Å². The first-order valence-electron chi connectivity index (χ1n) is 3.68. The number of hydrogen-bond acceptors (Lipinski definition) is 4. The molecule has 1 aliphatic heterocycles. The van der Waals surface area contributed by atoms with E-state index in [1.54, 1.807) is 0 Å². The Hall–Kier alpha value is 0.270. The van der Waals surface area contributed by atoms with Crippen molar-refractivity contribution in [3.63, 3.8) is 0 Å². The quantitative estimate of drug-likeness (QED) is 0.470. The third-order valence-electron chi connectivity index (χ3n) is 1.58. The summed E-state index contributed by atoms with van der Waals surface area (Å²) < 4.78 is 0. The van der Waals surface area contributed by atoms with Gasteiger partial charge >= 0.3 is 8.60 Å². The normalized spacial score (nSPS) is 19.4. The molecule has 0 amide bonds. The lowest BCUT2D eigenvalue weighted by Crippen LogP contribution is -2.24. The molecule has 4 nitrogen and oxygen atoms in total. The highest BCUT2D eigenvalue weighted by Gasteiger charge is 2.02. The molecule has 5 heteroatoms. The zero-order chi connectivity index (χ0) is 8.69. The smallest absolute Gasteiger partial charge is 0.324 e. The van der Waals surface area contributed by atoms with Gasteiger partial charge in [-0.15, -0.1) is 0 Å². The van der Waals surface area contributed by atoms with Crippen molar-refractivity contribution in [2.45, 2.75) is 19.3 Å². The third-order valence-corrected chi connectivity index (χ3v) is 1.58. The molecule has 0 saturated carbocycles. The maximum Gasteiger partial charge on any atom is 0.324 e. The van der Waals surface area contributed by atoms with Crippen molar-refractivity contribution in [3.8, 4) is 0 Å². The van der Waals surface area contributed by atoms with E-state index in [1.165, 1.54) is 32.4 Å². The van der Waals surface area contributed by atoms with Crippen LogP contribution in [0.2, 0.25) is 0 Å². The lowest BCUT2D eigenvalue weighted by molar-refractivity contribution is 0.277. The highest BCUT2D eigenvalue weighted by Crippen LogP contribution is 2.11. The van der Waals surface area contributed by atoms with Crippen molar-refractivity contribution in [3.05, 3.63) is 0 Å². The molecule has 11 heavy (non-hydrogen) atoms. The number of hydrogen-bond donors (Lipinski definition) is 3. The van der Waals surface area contributed by atoms with Crippen molar-refractivity contribution >= 4 is 8.60 Å². The zero-order valence-corrected chi connectivity index (χ0v) is 7.67. The van der Waals surface area contributed by atoms with E-state index in [0.29, 0.717) is 0 Å². The summed E-state index contributed by atoms with van der Waals surface area (Å²) >= 11 is 0. The molecule has 0 aliphatic carbocycles. The second kappa shape index (κ2) is 6.95. The predicted octanol–water partition coefficient (Wildman–Crippen LogP) is 0.292. The van der Waals surface area contributed by atoms with Gasteiger partial charge in [-0.2, -0.15) is 0 Å². The Labute approximate surface area is 68.5 Å². The van der Waals surface area contributed by atoms with Gasteiger partial charge < -0.3 is 19.6 Å². The highest BCUT2D eigenvalue weighted by atomic mass is 31.2. The monoisotopic (exact) mass is 181 g/mol. The number of piperidine rings is 1. The number of likely N-dealkylation sites (tertiary alicyclic amines) is 1. The molecular weight excluding hydrogens is 165 g/mol. The van der Waals surface area contributed by atoms with Crippen LogP contribution >= 0.6 is 8.60 Å². The van der Waals surface area contributed by atoms with Crippen LogP contribution in [-0.4, -0.2) is 39.7 Å². The molecule has 1 fully saturated rings. The van der Waals surface area contributed by atoms with E-state index in [-0.39, 0.29) is 0 Å². The van der Waals surface area contributed by atoms with Gasteiger partial charge in [-0.1, -0.05) is 6.42 Å². The summed E-state index contributed by atoms with van der Waals surface area (Å²) in [5, 5.41) is 0. The summed E-state index contributed by atoms with van der Waals surface area (Å²) in [6.07, 6.45) is 4.28. The van der Waals surface area contributed by atoms with Gasteiger partial charge in [0, 0.05) is 0 Å². The van der Waals surface area contributed by atoms with Crippen molar-refractivity contribution < 1.29 is 14.7 Å². The van der Waals surface area contributed by atoms with Crippen molar-refractivity contribution in [2.75, 3.05) is 20.1 Å². The molecule has 0 aromatic heterocycles. The van der Waals surface area contributed by atoms with E-state index in [4.69, 9.17) is 14.7 Å². The van der Waals surface area contributed by atoms with Gasteiger partial charge in [0.2, 0.25) is 0 Å². The molecule has 0 spiro atoms. The predicted molar refractivity (Wildman–Crippen MR) is 44.9 cm³/mol. The Morgan fingerprint density at radius 3 is 1.55 bits per heavy atom. The second-order valence-electron chi connectivity index (χ2n) is 2.63. The Balaban J connectivity index is 0.000000218.